The molecule has 1 aromatic carbocycles. The molecule has 1 amide bonds. The van der Waals surface area contributed by atoms with Gasteiger partial charge in [-0.3, -0.25) is 9.69 Å². The molecule has 0 aliphatic carbocycles. The molecule has 116 valence electrons. The highest BCUT2D eigenvalue weighted by Crippen LogP contribution is 2.36. The summed E-state index contributed by atoms with van der Waals surface area (Å²) in [6.45, 7) is 0. The van der Waals surface area contributed by atoms with E-state index in [1.807, 2.05) is 0 Å². The summed E-state index contributed by atoms with van der Waals surface area (Å²) in [4.78, 5) is 14.1. The molecule has 2 saturated heterocycles. The molecule has 22 heavy (non-hydrogen) atoms. The topological polar surface area (TPSA) is 54.5 Å². The molecule has 1 aromatic rings. The standard InChI is InChI=1S/C14H12FNO3S3/c15-11-4-2-1-3-9(11)7-12-13(17)16(14(20)21-12)10-5-6-22(18,19)8-10/h1-4,7,10H,5-6,8H2. The quantitative estimate of drug-likeness (QED) is 0.600. The van der Waals surface area contributed by atoms with Crippen LogP contribution in [0, 0.1) is 5.82 Å². The minimum atomic E-state index is -3.11. The monoisotopic (exact) mass is 357 g/mol. The van der Waals surface area contributed by atoms with Gasteiger partial charge in [0.2, 0.25) is 0 Å². The summed E-state index contributed by atoms with van der Waals surface area (Å²) >= 11 is 6.27. The molecule has 2 fully saturated rings. The molecule has 0 saturated carbocycles. The van der Waals surface area contributed by atoms with Gasteiger partial charge in [0.05, 0.1) is 22.5 Å². The molecular formula is C14H12FNO3S3. The van der Waals surface area contributed by atoms with E-state index in [9.17, 15) is 17.6 Å². The van der Waals surface area contributed by atoms with E-state index >= 15 is 0 Å². The van der Waals surface area contributed by atoms with E-state index in [0.717, 1.165) is 11.8 Å². The van der Waals surface area contributed by atoms with Crippen LogP contribution in [0.25, 0.3) is 6.08 Å². The zero-order chi connectivity index (χ0) is 15.9. The average Bonchev–Trinajstić information content (AvgIpc) is 2.92. The van der Waals surface area contributed by atoms with Crippen LogP contribution in [-0.2, 0) is 14.6 Å². The number of carbonyl (C=O) groups excluding carboxylic acids is 1. The maximum Gasteiger partial charge on any atom is 0.266 e. The highest BCUT2D eigenvalue weighted by Gasteiger charge is 2.42. The molecule has 1 atom stereocenters. The van der Waals surface area contributed by atoms with Crippen molar-refractivity contribution in [2.45, 2.75) is 12.5 Å². The van der Waals surface area contributed by atoms with Gasteiger partial charge in [-0.05, 0) is 18.6 Å². The third kappa shape index (κ3) is 2.95. The summed E-state index contributed by atoms with van der Waals surface area (Å²) in [6, 6.07) is 5.72. The van der Waals surface area contributed by atoms with Crippen LogP contribution in [0.2, 0.25) is 0 Å². The van der Waals surface area contributed by atoms with Crippen molar-refractivity contribution >= 4 is 50.1 Å². The summed E-state index contributed by atoms with van der Waals surface area (Å²) in [5.41, 5.74) is 0.307. The molecule has 0 aromatic heterocycles. The minimum absolute atomic E-state index is 0.0631. The zero-order valence-corrected chi connectivity index (χ0v) is 13.8. The summed E-state index contributed by atoms with van der Waals surface area (Å²) < 4.78 is 37.2. The SMILES string of the molecule is O=C1C(=Cc2ccccc2F)SC(=S)N1C1CCS(=O)(=O)C1. The van der Waals surface area contributed by atoms with E-state index in [-0.39, 0.29) is 17.4 Å². The number of carbonyl (C=O) groups is 1. The lowest BCUT2D eigenvalue weighted by atomic mass is 10.2. The van der Waals surface area contributed by atoms with Crippen LogP contribution in [0.5, 0.6) is 0 Å². The van der Waals surface area contributed by atoms with Crippen molar-refractivity contribution in [2.75, 3.05) is 11.5 Å². The number of benzene rings is 1. The number of hydrogen-bond donors (Lipinski definition) is 0. The lowest BCUT2D eigenvalue weighted by Crippen LogP contribution is -2.39. The van der Waals surface area contributed by atoms with Crippen molar-refractivity contribution in [1.82, 2.24) is 4.90 Å². The molecule has 4 nitrogen and oxygen atoms in total. The molecule has 0 spiro atoms. The minimum Gasteiger partial charge on any atom is -0.289 e. The van der Waals surface area contributed by atoms with Gasteiger partial charge >= 0.3 is 0 Å². The molecule has 2 aliphatic rings. The summed E-state index contributed by atoms with van der Waals surface area (Å²) in [5.74, 6) is -0.760. The number of sulfone groups is 1. The fourth-order valence-electron chi connectivity index (χ4n) is 2.51. The number of amides is 1. The number of thiocarbonyl (C=S) groups is 1. The second-order valence-electron chi connectivity index (χ2n) is 5.13. The van der Waals surface area contributed by atoms with Crippen molar-refractivity contribution in [2.24, 2.45) is 0 Å². The highest BCUT2D eigenvalue weighted by molar-refractivity contribution is 8.26. The molecule has 2 heterocycles. The van der Waals surface area contributed by atoms with Crippen molar-refractivity contribution < 1.29 is 17.6 Å². The third-order valence-electron chi connectivity index (χ3n) is 3.59. The van der Waals surface area contributed by atoms with Crippen LogP contribution >= 0.6 is 24.0 Å². The van der Waals surface area contributed by atoms with Gasteiger partial charge in [0.1, 0.15) is 10.1 Å². The molecule has 0 N–H and O–H groups in total. The van der Waals surface area contributed by atoms with Gasteiger partial charge in [0.25, 0.3) is 5.91 Å². The summed E-state index contributed by atoms with van der Waals surface area (Å²) in [7, 11) is -3.11. The first-order chi connectivity index (χ1) is 10.4. The fourth-order valence-corrected chi connectivity index (χ4v) is 5.60. The van der Waals surface area contributed by atoms with E-state index in [1.165, 1.54) is 17.0 Å². The first-order valence-corrected chi connectivity index (χ1v) is 9.64. The number of thioether (sulfide) groups is 1. The Morgan fingerprint density at radius 3 is 2.73 bits per heavy atom. The summed E-state index contributed by atoms with van der Waals surface area (Å²) in [6.07, 6.45) is 1.85. The van der Waals surface area contributed by atoms with E-state index < -0.39 is 21.7 Å². The Morgan fingerprint density at radius 1 is 1.36 bits per heavy atom. The number of hydrogen-bond acceptors (Lipinski definition) is 5. The van der Waals surface area contributed by atoms with Gasteiger partial charge in [-0.1, -0.05) is 42.2 Å². The lowest BCUT2D eigenvalue weighted by molar-refractivity contribution is -0.123. The van der Waals surface area contributed by atoms with Crippen molar-refractivity contribution in [3.8, 4) is 0 Å². The molecule has 2 aliphatic heterocycles. The lowest BCUT2D eigenvalue weighted by Gasteiger charge is -2.20. The van der Waals surface area contributed by atoms with Crippen molar-refractivity contribution in [3.05, 3.63) is 40.6 Å². The van der Waals surface area contributed by atoms with Crippen LogP contribution in [0.4, 0.5) is 4.39 Å². The van der Waals surface area contributed by atoms with Crippen molar-refractivity contribution in [3.63, 3.8) is 0 Å². The Bertz CT molecular complexity index is 788. The smallest absolute Gasteiger partial charge is 0.266 e. The normalized spacial score (nSPS) is 26.1. The second kappa shape index (κ2) is 5.75. The van der Waals surface area contributed by atoms with E-state index in [0.29, 0.717) is 21.2 Å². The molecule has 0 radical (unpaired) electrons. The number of nitrogens with zero attached hydrogens (tertiary/aromatic N) is 1. The molecule has 1 unspecified atom stereocenters. The first-order valence-electron chi connectivity index (χ1n) is 6.59. The molecule has 0 bridgehead atoms. The van der Waals surface area contributed by atoms with Crippen LogP contribution in [-0.4, -0.2) is 41.1 Å². The molecule has 3 rings (SSSR count). The van der Waals surface area contributed by atoms with Gasteiger partial charge in [0.15, 0.2) is 9.84 Å². The maximum absolute atomic E-state index is 13.7. The van der Waals surface area contributed by atoms with Gasteiger partial charge in [-0.25, -0.2) is 12.8 Å². The number of rotatable bonds is 2. The predicted octanol–water partition coefficient (Wildman–Crippen LogP) is 2.21. The van der Waals surface area contributed by atoms with Crippen LogP contribution in [0.3, 0.4) is 0 Å². The third-order valence-corrected chi connectivity index (χ3v) is 6.67. The van der Waals surface area contributed by atoms with Crippen LogP contribution in [0.1, 0.15) is 12.0 Å². The Balaban J connectivity index is 1.88. The Labute approximate surface area is 137 Å². The second-order valence-corrected chi connectivity index (χ2v) is 9.03. The van der Waals surface area contributed by atoms with Gasteiger partial charge in [0, 0.05) is 5.56 Å². The first kappa shape index (κ1) is 15.6. The Kier molecular flexibility index (Phi) is 4.09. The largest absolute Gasteiger partial charge is 0.289 e. The van der Waals surface area contributed by atoms with E-state index in [1.54, 1.807) is 18.2 Å². The van der Waals surface area contributed by atoms with Crippen LogP contribution in [0.15, 0.2) is 29.2 Å². The van der Waals surface area contributed by atoms with E-state index in [4.69, 9.17) is 12.2 Å². The van der Waals surface area contributed by atoms with E-state index in [2.05, 4.69) is 0 Å². The van der Waals surface area contributed by atoms with Gasteiger partial charge in [-0.15, -0.1) is 0 Å². The average molecular weight is 357 g/mol. The summed E-state index contributed by atoms with van der Waals surface area (Å²) in [5, 5.41) is 0. The Hall–Kier alpha value is -1.25. The maximum atomic E-state index is 13.7. The predicted molar refractivity (Wildman–Crippen MR) is 88.5 cm³/mol. The zero-order valence-electron chi connectivity index (χ0n) is 11.4. The Morgan fingerprint density at radius 2 is 2.09 bits per heavy atom. The van der Waals surface area contributed by atoms with Crippen LogP contribution < -0.4 is 0 Å². The molecule has 8 heteroatoms. The number of halogens is 1. The molecular weight excluding hydrogens is 345 g/mol. The fraction of sp³-hybridized carbons (Fsp3) is 0.286. The van der Waals surface area contributed by atoms with Crippen molar-refractivity contribution in [1.29, 1.82) is 0 Å². The van der Waals surface area contributed by atoms with Gasteiger partial charge in [-0.2, -0.15) is 0 Å². The highest BCUT2D eigenvalue weighted by atomic mass is 32.2. The van der Waals surface area contributed by atoms with Gasteiger partial charge < -0.3 is 0 Å².